The quantitative estimate of drug-likeness (QED) is 0.337. The van der Waals surface area contributed by atoms with E-state index >= 15 is 0 Å². The van der Waals surface area contributed by atoms with Crippen molar-refractivity contribution in [3.8, 4) is 0 Å². The predicted molar refractivity (Wildman–Crippen MR) is 51.8 cm³/mol. The minimum absolute atomic E-state index is 0. The van der Waals surface area contributed by atoms with Crippen molar-refractivity contribution in [1.29, 1.82) is 0 Å². The van der Waals surface area contributed by atoms with Crippen molar-refractivity contribution >= 4 is 17.6 Å². The number of ether oxygens (including phenoxy) is 1. The molecule has 16 heavy (non-hydrogen) atoms. The minimum atomic E-state index is -0.294. The van der Waals surface area contributed by atoms with Gasteiger partial charge in [0.25, 0.3) is 0 Å². The number of hydrogen-bond donors (Lipinski definition) is 0. The number of rotatable bonds is 1. The molecule has 2 rings (SSSR count). The van der Waals surface area contributed by atoms with Gasteiger partial charge in [-0.2, -0.15) is 0 Å². The summed E-state index contributed by atoms with van der Waals surface area (Å²) in [6, 6.07) is 0. The van der Waals surface area contributed by atoms with Crippen LogP contribution >= 0.6 is 11.6 Å². The SMILES string of the molecule is CC(=O)OC1CCc2c(Cl)ncnc21.[Li+].[OH-]. The van der Waals surface area contributed by atoms with E-state index in [9.17, 15) is 4.79 Å². The van der Waals surface area contributed by atoms with E-state index in [1.807, 2.05) is 0 Å². The molecule has 1 aliphatic carbocycles. The maximum atomic E-state index is 10.8. The molecule has 0 aromatic carbocycles. The van der Waals surface area contributed by atoms with E-state index < -0.39 is 0 Å². The Balaban J connectivity index is 0.00000112. The maximum absolute atomic E-state index is 10.8. The van der Waals surface area contributed by atoms with Crippen molar-refractivity contribution in [2.24, 2.45) is 0 Å². The zero-order valence-electron chi connectivity index (χ0n) is 9.11. The predicted octanol–water partition coefficient (Wildman–Crippen LogP) is -1.49. The summed E-state index contributed by atoms with van der Waals surface area (Å²) in [6.07, 6.45) is 2.66. The van der Waals surface area contributed by atoms with Crippen molar-refractivity contribution < 1.29 is 33.9 Å². The Labute approximate surface area is 110 Å². The smallest absolute Gasteiger partial charge is 0.870 e. The van der Waals surface area contributed by atoms with Gasteiger partial charge in [-0.1, -0.05) is 11.6 Å². The van der Waals surface area contributed by atoms with Gasteiger partial charge in [-0.05, 0) is 12.8 Å². The van der Waals surface area contributed by atoms with Crippen LogP contribution in [0.1, 0.15) is 30.7 Å². The molecule has 1 unspecified atom stereocenters. The molecule has 0 aliphatic heterocycles. The van der Waals surface area contributed by atoms with Gasteiger partial charge in [-0.25, -0.2) is 9.97 Å². The molecule has 1 atom stereocenters. The van der Waals surface area contributed by atoms with Gasteiger partial charge >= 0.3 is 24.8 Å². The molecule has 0 radical (unpaired) electrons. The van der Waals surface area contributed by atoms with Gasteiger partial charge in [0, 0.05) is 12.5 Å². The molecule has 5 nitrogen and oxygen atoms in total. The number of halogens is 1. The molecule has 0 saturated carbocycles. The van der Waals surface area contributed by atoms with E-state index in [0.717, 1.165) is 24.1 Å². The summed E-state index contributed by atoms with van der Waals surface area (Å²) in [7, 11) is 0. The summed E-state index contributed by atoms with van der Waals surface area (Å²) in [5, 5.41) is 0.463. The van der Waals surface area contributed by atoms with E-state index in [4.69, 9.17) is 16.3 Å². The summed E-state index contributed by atoms with van der Waals surface area (Å²) in [5.41, 5.74) is 1.65. The van der Waals surface area contributed by atoms with E-state index in [1.54, 1.807) is 0 Å². The van der Waals surface area contributed by atoms with Crippen molar-refractivity contribution in [2.45, 2.75) is 25.9 Å². The molecule has 1 aromatic heterocycles. The van der Waals surface area contributed by atoms with Gasteiger partial charge in [-0.15, -0.1) is 0 Å². The third kappa shape index (κ3) is 2.96. The van der Waals surface area contributed by atoms with Crippen LogP contribution in [0.4, 0.5) is 0 Å². The van der Waals surface area contributed by atoms with E-state index in [1.165, 1.54) is 13.3 Å². The Bertz CT molecular complexity index is 389. The average Bonchev–Trinajstić information content (AvgIpc) is 2.49. The van der Waals surface area contributed by atoms with Crippen LogP contribution in [0.15, 0.2) is 6.33 Å². The molecule has 1 N–H and O–H groups in total. The van der Waals surface area contributed by atoms with Gasteiger partial charge < -0.3 is 10.2 Å². The van der Waals surface area contributed by atoms with Crippen LogP contribution in [-0.4, -0.2) is 21.4 Å². The second-order valence-corrected chi connectivity index (χ2v) is 3.52. The topological polar surface area (TPSA) is 82.1 Å². The molecule has 0 amide bonds. The van der Waals surface area contributed by atoms with Crippen molar-refractivity contribution in [3.63, 3.8) is 0 Å². The summed E-state index contributed by atoms with van der Waals surface area (Å²) < 4.78 is 5.10. The normalized spacial score (nSPS) is 16.8. The fourth-order valence-electron chi connectivity index (χ4n) is 1.64. The van der Waals surface area contributed by atoms with Crippen molar-refractivity contribution in [1.82, 2.24) is 9.97 Å². The molecule has 0 bridgehead atoms. The molecule has 7 heteroatoms. The van der Waals surface area contributed by atoms with Crippen LogP contribution < -0.4 is 18.9 Å². The largest absolute Gasteiger partial charge is 1.00 e. The molecule has 0 spiro atoms. The maximum Gasteiger partial charge on any atom is 1.00 e. The van der Waals surface area contributed by atoms with Crippen LogP contribution in [0.5, 0.6) is 0 Å². The van der Waals surface area contributed by atoms with Gasteiger partial charge in [0.1, 0.15) is 17.6 Å². The molecule has 0 saturated heterocycles. The summed E-state index contributed by atoms with van der Waals surface area (Å²) in [6.45, 7) is 1.39. The van der Waals surface area contributed by atoms with Crippen molar-refractivity contribution in [2.75, 3.05) is 0 Å². The molecular weight excluding hydrogens is 227 g/mol. The Hall–Kier alpha value is -0.603. The number of aromatic nitrogens is 2. The Morgan fingerprint density at radius 2 is 2.25 bits per heavy atom. The average molecular weight is 237 g/mol. The molecule has 1 aromatic rings. The molecule has 82 valence electrons. The Morgan fingerprint density at radius 1 is 1.56 bits per heavy atom. The first-order valence-corrected chi connectivity index (χ1v) is 4.72. The van der Waals surface area contributed by atoms with Gasteiger partial charge in [-0.3, -0.25) is 4.79 Å². The summed E-state index contributed by atoms with van der Waals surface area (Å²) in [4.78, 5) is 18.8. The number of carbonyl (C=O) groups excluding carboxylic acids is 1. The van der Waals surface area contributed by atoms with E-state index in [2.05, 4.69) is 9.97 Å². The van der Waals surface area contributed by atoms with E-state index in [-0.39, 0.29) is 36.4 Å². The summed E-state index contributed by atoms with van der Waals surface area (Å²) in [5.74, 6) is -0.294. The van der Waals surface area contributed by atoms with Crippen LogP contribution in [0, 0.1) is 0 Å². The third-order valence-corrected chi connectivity index (χ3v) is 2.52. The first kappa shape index (κ1) is 15.4. The standard InChI is InChI=1S/C9H9ClN2O2.Li.H2O/c1-5(13)14-7-3-2-6-8(7)11-4-12-9(6)10;;/h4,7H,2-3H2,1H3;;1H2/q;+1;/p-1. The van der Waals surface area contributed by atoms with E-state index in [0.29, 0.717) is 5.15 Å². The zero-order chi connectivity index (χ0) is 10.1. The van der Waals surface area contributed by atoms with Gasteiger partial charge in [0.05, 0.1) is 5.69 Å². The van der Waals surface area contributed by atoms with Crippen LogP contribution in [-0.2, 0) is 16.0 Å². The fourth-order valence-corrected chi connectivity index (χ4v) is 1.87. The first-order valence-electron chi connectivity index (χ1n) is 4.35. The van der Waals surface area contributed by atoms with Gasteiger partial charge in [0.2, 0.25) is 0 Å². The Kier molecular flexibility index (Phi) is 5.98. The monoisotopic (exact) mass is 236 g/mol. The number of carbonyl (C=O) groups is 1. The number of hydrogen-bond acceptors (Lipinski definition) is 5. The Morgan fingerprint density at radius 3 is 2.88 bits per heavy atom. The number of nitrogens with zero attached hydrogens (tertiary/aromatic N) is 2. The number of fused-ring (bicyclic) bond motifs is 1. The molecule has 1 aliphatic rings. The molecular formula is C9H10ClLiN2O3. The zero-order valence-corrected chi connectivity index (χ0v) is 9.86. The van der Waals surface area contributed by atoms with Crippen molar-refractivity contribution in [3.05, 3.63) is 22.7 Å². The minimum Gasteiger partial charge on any atom is -0.870 e. The summed E-state index contributed by atoms with van der Waals surface area (Å²) >= 11 is 5.88. The first-order chi connectivity index (χ1) is 6.68. The van der Waals surface area contributed by atoms with Crippen LogP contribution in [0.3, 0.4) is 0 Å². The van der Waals surface area contributed by atoms with Crippen LogP contribution in [0.25, 0.3) is 0 Å². The second-order valence-electron chi connectivity index (χ2n) is 3.17. The molecule has 1 heterocycles. The second kappa shape index (κ2) is 6.21. The fraction of sp³-hybridized carbons (Fsp3) is 0.444. The number of esters is 1. The molecule has 0 fully saturated rings. The van der Waals surface area contributed by atoms with Gasteiger partial charge in [0.15, 0.2) is 0 Å². The third-order valence-electron chi connectivity index (χ3n) is 2.20. The van der Waals surface area contributed by atoms with Crippen LogP contribution in [0.2, 0.25) is 5.15 Å².